The number of morpholine rings is 1. The Bertz CT molecular complexity index is 2860. The quantitative estimate of drug-likeness (QED) is 0.158. The summed E-state index contributed by atoms with van der Waals surface area (Å²) in [5.41, 5.74) is 10.7. The van der Waals surface area contributed by atoms with E-state index in [0.717, 1.165) is 118 Å². The molecular weight excluding hydrogens is 803 g/mol. The Morgan fingerprint density at radius 1 is 0.683 bits per heavy atom. The van der Waals surface area contributed by atoms with E-state index in [0.29, 0.717) is 4.90 Å². The van der Waals surface area contributed by atoms with Crippen molar-refractivity contribution in [2.24, 2.45) is 10.8 Å². The van der Waals surface area contributed by atoms with E-state index in [1.807, 2.05) is 36.4 Å². The summed E-state index contributed by atoms with van der Waals surface area (Å²) >= 11 is 0. The third-order valence-corrected chi connectivity index (χ3v) is 15.3. The number of nitrogens with zero attached hydrogens (tertiary/aromatic N) is 1. The van der Waals surface area contributed by atoms with Gasteiger partial charge in [-0.1, -0.05) is 82.3 Å². The van der Waals surface area contributed by atoms with E-state index in [-0.39, 0.29) is 10.8 Å². The van der Waals surface area contributed by atoms with Gasteiger partial charge in [0.2, 0.25) is 0 Å². The van der Waals surface area contributed by atoms with Gasteiger partial charge < -0.3 is 23.8 Å². The van der Waals surface area contributed by atoms with Gasteiger partial charge in [-0.25, -0.2) is 8.42 Å². The van der Waals surface area contributed by atoms with Crippen LogP contribution in [0.2, 0.25) is 0 Å². The van der Waals surface area contributed by atoms with Crippen molar-refractivity contribution in [1.82, 2.24) is 0 Å². The van der Waals surface area contributed by atoms with Gasteiger partial charge in [0.15, 0.2) is 15.4 Å². The van der Waals surface area contributed by atoms with Crippen molar-refractivity contribution in [2.75, 3.05) is 51.7 Å². The molecule has 1 spiro atoms. The maximum atomic E-state index is 13.4. The second-order valence-electron chi connectivity index (χ2n) is 19.9. The molecule has 6 aromatic rings. The van der Waals surface area contributed by atoms with Crippen molar-refractivity contribution in [3.8, 4) is 39.5 Å². The summed E-state index contributed by atoms with van der Waals surface area (Å²) in [5.74, 6) is 2.35. The minimum absolute atomic E-state index is 0.0358. The highest BCUT2D eigenvalue weighted by atomic mass is 32.2. The first-order chi connectivity index (χ1) is 30.0. The second-order valence-corrected chi connectivity index (χ2v) is 21.9. The number of ether oxygens (including phenoxy) is 4. The molecule has 0 atom stereocenters. The number of hydrogen-bond acceptors (Lipinski definition) is 7. The lowest BCUT2D eigenvalue weighted by molar-refractivity contribution is 0.0641. The molecule has 2 fully saturated rings. The molecule has 6 aromatic carbocycles. The molecule has 0 bridgehead atoms. The van der Waals surface area contributed by atoms with Crippen molar-refractivity contribution < 1.29 is 27.4 Å². The van der Waals surface area contributed by atoms with E-state index < -0.39 is 20.9 Å². The van der Waals surface area contributed by atoms with Gasteiger partial charge in [-0.3, -0.25) is 0 Å². The molecule has 1 saturated heterocycles. The number of rotatable bonds is 7. The predicted octanol–water partition coefficient (Wildman–Crippen LogP) is 11.9. The lowest BCUT2D eigenvalue weighted by Crippen LogP contribution is -2.44. The molecule has 0 N–H and O–H groups in total. The van der Waals surface area contributed by atoms with Crippen LogP contribution in [-0.4, -0.2) is 55.2 Å². The van der Waals surface area contributed by atoms with Crippen molar-refractivity contribution in [1.29, 1.82) is 0 Å². The van der Waals surface area contributed by atoms with E-state index >= 15 is 0 Å². The van der Waals surface area contributed by atoms with Gasteiger partial charge >= 0.3 is 0 Å². The van der Waals surface area contributed by atoms with E-state index in [2.05, 4.69) is 118 Å². The van der Waals surface area contributed by atoms with Crippen LogP contribution in [0.5, 0.6) is 17.2 Å². The van der Waals surface area contributed by atoms with Gasteiger partial charge in [0, 0.05) is 52.5 Å². The summed E-state index contributed by atoms with van der Waals surface area (Å²) in [7, 11) is -0.120. The molecule has 0 unspecified atom stereocenters. The van der Waals surface area contributed by atoms with Crippen LogP contribution in [0.4, 0.5) is 5.69 Å². The normalized spacial score (nSPS) is 19.0. The van der Waals surface area contributed by atoms with Crippen LogP contribution in [0.3, 0.4) is 0 Å². The largest absolute Gasteiger partial charge is 0.497 e. The maximum Gasteiger partial charge on any atom is 0.178 e. The predicted molar refractivity (Wildman–Crippen MR) is 254 cm³/mol. The number of aryl methyl sites for hydroxylation is 1. The van der Waals surface area contributed by atoms with Crippen LogP contribution in [0.15, 0.2) is 114 Å². The molecule has 2 aliphatic heterocycles. The molecular formula is C55H57NO6S. The average molecular weight is 860 g/mol. The third-order valence-electron chi connectivity index (χ3n) is 14.2. The number of sulfone groups is 1. The van der Waals surface area contributed by atoms with Crippen LogP contribution < -0.4 is 19.1 Å². The third kappa shape index (κ3) is 6.83. The molecule has 7 nitrogen and oxygen atoms in total. The highest BCUT2D eigenvalue weighted by molar-refractivity contribution is 7.90. The van der Waals surface area contributed by atoms with E-state index in [1.54, 1.807) is 14.2 Å². The van der Waals surface area contributed by atoms with Crippen molar-refractivity contribution >= 4 is 32.4 Å². The summed E-state index contributed by atoms with van der Waals surface area (Å²) in [4.78, 5) is 2.74. The van der Waals surface area contributed by atoms with Gasteiger partial charge in [0.05, 0.1) is 32.3 Å². The Morgan fingerprint density at radius 2 is 1.29 bits per heavy atom. The summed E-state index contributed by atoms with van der Waals surface area (Å²) in [5, 5.41) is 2.12. The molecule has 10 rings (SSSR count). The van der Waals surface area contributed by atoms with Gasteiger partial charge in [0.1, 0.15) is 17.2 Å². The topological polar surface area (TPSA) is 74.3 Å². The Hall–Kier alpha value is -5.57. The highest BCUT2D eigenvalue weighted by Gasteiger charge is 2.56. The Morgan fingerprint density at radius 3 is 1.86 bits per heavy atom. The summed E-state index contributed by atoms with van der Waals surface area (Å²) in [6, 6.07) is 35.9. The fourth-order valence-corrected chi connectivity index (χ4v) is 12.8. The lowest BCUT2D eigenvalue weighted by Gasteiger charge is -2.52. The standard InChI is InChI=1S/C55H57NO6S/c1-35-29-46-47(31-45(35)36-9-15-39(16-10-36)56-25-27-61-28-26-56)51-44(23-24-55(62-51,37-11-17-40(59-6)18-12-37)38-13-19-41(60-7)20-14-38)50-49(46)43-22-21-42(63(8,57)58)30-48(43)54(50)33-52(2,3)32-53(4,5)34-54/h9-24,29-31H,25-28,32-34H2,1-8H3. The second kappa shape index (κ2) is 14.7. The van der Waals surface area contributed by atoms with E-state index in [1.165, 1.54) is 23.1 Å². The highest BCUT2D eigenvalue weighted by Crippen LogP contribution is 2.67. The molecule has 2 heterocycles. The van der Waals surface area contributed by atoms with E-state index in [4.69, 9.17) is 18.9 Å². The maximum absolute atomic E-state index is 13.4. The first-order valence-corrected chi connectivity index (χ1v) is 24.0. The zero-order valence-electron chi connectivity index (χ0n) is 37.7. The number of hydrogen-bond donors (Lipinski definition) is 0. The zero-order valence-corrected chi connectivity index (χ0v) is 38.5. The molecule has 0 amide bonds. The van der Waals surface area contributed by atoms with E-state index in [9.17, 15) is 8.42 Å². The average Bonchev–Trinajstić information content (AvgIpc) is 3.52. The summed E-state index contributed by atoms with van der Waals surface area (Å²) in [6.45, 7) is 15.0. The van der Waals surface area contributed by atoms with Crippen molar-refractivity contribution in [2.45, 2.75) is 69.8 Å². The fourth-order valence-electron chi connectivity index (χ4n) is 12.2. The van der Waals surface area contributed by atoms with Gasteiger partial charge in [0.25, 0.3) is 0 Å². The molecule has 0 aromatic heterocycles. The molecule has 63 heavy (non-hydrogen) atoms. The van der Waals surface area contributed by atoms with Gasteiger partial charge in [-0.2, -0.15) is 0 Å². The number of fused-ring (bicyclic) bond motifs is 10. The van der Waals surface area contributed by atoms with Crippen molar-refractivity contribution in [3.63, 3.8) is 0 Å². The molecule has 4 aliphatic rings. The minimum atomic E-state index is -3.49. The van der Waals surface area contributed by atoms with Crippen molar-refractivity contribution in [3.05, 3.63) is 143 Å². The Balaban J connectivity index is 1.29. The van der Waals surface area contributed by atoms with Gasteiger partial charge in [-0.15, -0.1) is 0 Å². The summed E-state index contributed by atoms with van der Waals surface area (Å²) in [6.07, 6.45) is 8.66. The van der Waals surface area contributed by atoms with Gasteiger partial charge in [-0.05, 0) is 142 Å². The Kier molecular flexibility index (Phi) is 9.70. The fraction of sp³-hybridized carbons (Fsp3) is 0.345. The molecule has 8 heteroatoms. The SMILES string of the molecule is COc1ccc(C2(c3ccc(OC)cc3)C=Cc3c4c(c5cc(C)c(-c6ccc(N7CCOCC7)cc6)cc5c3O2)-c2ccc(S(C)(=O)=O)cc2C42CC(C)(C)CC(C)(C)C2)cc1. The molecule has 1 saturated carbocycles. The molecule has 0 radical (unpaired) electrons. The first kappa shape index (κ1) is 41.4. The summed E-state index contributed by atoms with van der Waals surface area (Å²) < 4.78 is 51.5. The van der Waals surface area contributed by atoms with Crippen LogP contribution in [0.1, 0.15) is 80.3 Å². The van der Waals surface area contributed by atoms with Crippen LogP contribution in [0, 0.1) is 17.8 Å². The first-order valence-electron chi connectivity index (χ1n) is 22.2. The minimum Gasteiger partial charge on any atom is -0.497 e. The number of anilines is 1. The lowest BCUT2D eigenvalue weighted by atomic mass is 9.52. The molecule has 324 valence electrons. The smallest absolute Gasteiger partial charge is 0.178 e. The van der Waals surface area contributed by atoms with Crippen LogP contribution in [-0.2, 0) is 25.6 Å². The van der Waals surface area contributed by atoms with Crippen LogP contribution >= 0.6 is 0 Å². The van der Waals surface area contributed by atoms with Crippen LogP contribution in [0.25, 0.3) is 39.1 Å². The number of benzene rings is 6. The number of methoxy groups -OCH3 is 2. The zero-order chi connectivity index (χ0) is 44.1. The monoisotopic (exact) mass is 859 g/mol. The molecule has 2 aliphatic carbocycles. The Labute approximate surface area is 372 Å².